The number of ether oxygens (including phenoxy) is 1. The van der Waals surface area contributed by atoms with Gasteiger partial charge >= 0.3 is 0 Å². The maximum atomic E-state index is 11.5. The molecule has 3 N–H and O–H groups in total. The number of benzene rings is 1. The number of carbonyl (C=O) groups excluding carboxylic acids is 1. The third-order valence-corrected chi connectivity index (χ3v) is 3.12. The van der Waals surface area contributed by atoms with Crippen LogP contribution in [0, 0.1) is 13.8 Å². The Morgan fingerprint density at radius 1 is 1.37 bits per heavy atom. The van der Waals surface area contributed by atoms with E-state index in [0.29, 0.717) is 13.0 Å². The Morgan fingerprint density at radius 3 is 2.58 bits per heavy atom. The fourth-order valence-corrected chi connectivity index (χ4v) is 1.94. The van der Waals surface area contributed by atoms with Crippen molar-refractivity contribution in [2.75, 3.05) is 13.7 Å². The quantitative estimate of drug-likeness (QED) is 0.822. The van der Waals surface area contributed by atoms with Gasteiger partial charge in [-0.15, -0.1) is 0 Å². The number of aryl methyl sites for hydroxylation is 2. The van der Waals surface area contributed by atoms with Gasteiger partial charge in [0.15, 0.2) is 0 Å². The molecule has 0 aliphatic carbocycles. The SMILES string of the molecule is COc1cc(C)c(C)cc1CCNC(=O)CC(C)N. The number of amides is 1. The van der Waals surface area contributed by atoms with Crippen molar-refractivity contribution in [1.29, 1.82) is 0 Å². The Morgan fingerprint density at radius 2 is 2.00 bits per heavy atom. The molecule has 0 aliphatic rings. The standard InChI is InChI=1S/C15H24N2O2/c1-10-7-13(14(19-4)8-11(10)2)5-6-17-15(18)9-12(3)16/h7-8,12H,5-6,9,16H2,1-4H3,(H,17,18). The minimum Gasteiger partial charge on any atom is -0.496 e. The lowest BCUT2D eigenvalue weighted by Gasteiger charge is -2.12. The molecule has 1 aromatic carbocycles. The van der Waals surface area contributed by atoms with Gasteiger partial charge in [-0.05, 0) is 49.9 Å². The summed E-state index contributed by atoms with van der Waals surface area (Å²) < 4.78 is 5.37. The van der Waals surface area contributed by atoms with Crippen LogP contribution in [-0.2, 0) is 11.2 Å². The zero-order valence-corrected chi connectivity index (χ0v) is 12.2. The van der Waals surface area contributed by atoms with Gasteiger partial charge in [0.25, 0.3) is 0 Å². The number of hydrogen-bond donors (Lipinski definition) is 2. The van der Waals surface area contributed by atoms with Crippen LogP contribution in [-0.4, -0.2) is 25.6 Å². The van der Waals surface area contributed by atoms with E-state index in [9.17, 15) is 4.79 Å². The van der Waals surface area contributed by atoms with E-state index in [4.69, 9.17) is 10.5 Å². The van der Waals surface area contributed by atoms with Crippen molar-refractivity contribution in [3.8, 4) is 5.75 Å². The van der Waals surface area contributed by atoms with Crippen molar-refractivity contribution >= 4 is 5.91 Å². The third-order valence-electron chi connectivity index (χ3n) is 3.12. The van der Waals surface area contributed by atoms with Gasteiger partial charge in [-0.25, -0.2) is 0 Å². The molecule has 1 aromatic rings. The summed E-state index contributed by atoms with van der Waals surface area (Å²) in [5.41, 5.74) is 9.14. The second kappa shape index (κ2) is 7.14. The number of methoxy groups -OCH3 is 1. The third kappa shape index (κ3) is 4.91. The maximum absolute atomic E-state index is 11.5. The Kier molecular flexibility index (Phi) is 5.83. The van der Waals surface area contributed by atoms with Crippen LogP contribution in [0.3, 0.4) is 0 Å². The molecule has 1 amide bonds. The van der Waals surface area contributed by atoms with Crippen LogP contribution in [0.25, 0.3) is 0 Å². The monoisotopic (exact) mass is 264 g/mol. The normalized spacial score (nSPS) is 12.1. The molecular weight excluding hydrogens is 240 g/mol. The van der Waals surface area contributed by atoms with E-state index in [1.54, 1.807) is 7.11 Å². The topological polar surface area (TPSA) is 64.3 Å². The highest BCUT2D eigenvalue weighted by molar-refractivity contribution is 5.76. The van der Waals surface area contributed by atoms with Crippen LogP contribution in [0.2, 0.25) is 0 Å². The summed E-state index contributed by atoms with van der Waals surface area (Å²) in [5, 5.41) is 2.87. The van der Waals surface area contributed by atoms with E-state index >= 15 is 0 Å². The average Bonchev–Trinajstić information content (AvgIpc) is 2.32. The van der Waals surface area contributed by atoms with Gasteiger partial charge in [-0.2, -0.15) is 0 Å². The first-order valence-electron chi connectivity index (χ1n) is 6.60. The Labute approximate surface area is 115 Å². The molecule has 1 unspecified atom stereocenters. The smallest absolute Gasteiger partial charge is 0.221 e. The summed E-state index contributed by atoms with van der Waals surface area (Å²) in [5.74, 6) is 0.877. The van der Waals surface area contributed by atoms with Crippen LogP contribution in [0.4, 0.5) is 0 Å². The zero-order valence-electron chi connectivity index (χ0n) is 12.2. The summed E-state index contributed by atoms with van der Waals surface area (Å²) >= 11 is 0. The number of carbonyl (C=O) groups is 1. The first kappa shape index (κ1) is 15.5. The lowest BCUT2D eigenvalue weighted by molar-refractivity contribution is -0.121. The molecule has 19 heavy (non-hydrogen) atoms. The molecule has 0 heterocycles. The van der Waals surface area contributed by atoms with E-state index in [2.05, 4.69) is 25.2 Å². The molecule has 4 heteroatoms. The minimum absolute atomic E-state index is 0.00204. The number of rotatable bonds is 6. The van der Waals surface area contributed by atoms with Crippen molar-refractivity contribution in [2.24, 2.45) is 5.73 Å². The van der Waals surface area contributed by atoms with Crippen molar-refractivity contribution in [1.82, 2.24) is 5.32 Å². The molecule has 0 aliphatic heterocycles. The van der Waals surface area contributed by atoms with E-state index in [1.165, 1.54) is 11.1 Å². The first-order chi connectivity index (χ1) is 8.93. The highest BCUT2D eigenvalue weighted by Gasteiger charge is 2.08. The van der Waals surface area contributed by atoms with Crippen molar-refractivity contribution in [2.45, 2.75) is 39.7 Å². The van der Waals surface area contributed by atoms with E-state index in [-0.39, 0.29) is 11.9 Å². The summed E-state index contributed by atoms with van der Waals surface area (Å²) in [7, 11) is 1.67. The van der Waals surface area contributed by atoms with E-state index < -0.39 is 0 Å². The predicted octanol–water partition coefficient (Wildman–Crippen LogP) is 1.71. The van der Waals surface area contributed by atoms with E-state index in [1.807, 2.05) is 13.0 Å². The van der Waals surface area contributed by atoms with Crippen molar-refractivity contribution < 1.29 is 9.53 Å². The molecular formula is C15H24N2O2. The number of nitrogens with two attached hydrogens (primary N) is 1. The summed E-state index contributed by atoms with van der Waals surface area (Å²) in [6.07, 6.45) is 1.12. The molecule has 0 spiro atoms. The molecule has 0 aromatic heterocycles. The molecule has 0 bridgehead atoms. The Bertz CT molecular complexity index is 442. The van der Waals surface area contributed by atoms with Gasteiger partial charge < -0.3 is 15.8 Å². The maximum Gasteiger partial charge on any atom is 0.221 e. The Hall–Kier alpha value is -1.55. The average molecular weight is 264 g/mol. The molecule has 1 rings (SSSR count). The molecule has 0 saturated heterocycles. The largest absolute Gasteiger partial charge is 0.496 e. The van der Waals surface area contributed by atoms with Crippen LogP contribution in [0.5, 0.6) is 5.75 Å². The summed E-state index contributed by atoms with van der Waals surface area (Å²) in [6.45, 7) is 6.56. The van der Waals surface area contributed by atoms with Crippen molar-refractivity contribution in [3.63, 3.8) is 0 Å². The summed E-state index contributed by atoms with van der Waals surface area (Å²) in [6, 6.07) is 4.05. The fourth-order valence-electron chi connectivity index (χ4n) is 1.94. The van der Waals surface area contributed by atoms with Crippen LogP contribution in [0.1, 0.15) is 30.0 Å². The van der Waals surface area contributed by atoms with Gasteiger partial charge in [0.05, 0.1) is 7.11 Å². The summed E-state index contributed by atoms with van der Waals surface area (Å²) in [4.78, 5) is 11.5. The minimum atomic E-state index is -0.101. The van der Waals surface area contributed by atoms with Crippen LogP contribution in [0.15, 0.2) is 12.1 Å². The molecule has 0 saturated carbocycles. The predicted molar refractivity (Wildman–Crippen MR) is 77.4 cm³/mol. The van der Waals surface area contributed by atoms with Gasteiger partial charge in [0.2, 0.25) is 5.91 Å². The van der Waals surface area contributed by atoms with E-state index in [0.717, 1.165) is 17.7 Å². The lowest BCUT2D eigenvalue weighted by Crippen LogP contribution is -2.31. The molecule has 0 fully saturated rings. The molecule has 0 radical (unpaired) electrons. The number of hydrogen-bond acceptors (Lipinski definition) is 3. The molecule has 4 nitrogen and oxygen atoms in total. The van der Waals surface area contributed by atoms with Gasteiger partial charge in [0.1, 0.15) is 5.75 Å². The highest BCUT2D eigenvalue weighted by atomic mass is 16.5. The zero-order chi connectivity index (χ0) is 14.4. The van der Waals surface area contributed by atoms with Gasteiger partial charge in [-0.1, -0.05) is 6.07 Å². The van der Waals surface area contributed by atoms with Gasteiger partial charge in [-0.3, -0.25) is 4.79 Å². The van der Waals surface area contributed by atoms with Gasteiger partial charge in [0, 0.05) is 19.0 Å². The highest BCUT2D eigenvalue weighted by Crippen LogP contribution is 2.23. The molecule has 106 valence electrons. The lowest BCUT2D eigenvalue weighted by atomic mass is 10.0. The van der Waals surface area contributed by atoms with Crippen LogP contribution >= 0.6 is 0 Å². The Balaban J connectivity index is 2.58. The number of nitrogens with one attached hydrogen (secondary N) is 1. The molecule has 1 atom stereocenters. The van der Waals surface area contributed by atoms with Crippen molar-refractivity contribution in [3.05, 3.63) is 28.8 Å². The first-order valence-corrected chi connectivity index (χ1v) is 6.60. The fraction of sp³-hybridized carbons (Fsp3) is 0.533. The second-order valence-electron chi connectivity index (χ2n) is 5.03. The second-order valence-corrected chi connectivity index (χ2v) is 5.03. The van der Waals surface area contributed by atoms with Crippen LogP contribution < -0.4 is 15.8 Å².